The van der Waals surface area contributed by atoms with Crippen molar-refractivity contribution in [1.82, 2.24) is 9.71 Å². The van der Waals surface area contributed by atoms with Crippen LogP contribution in [0.25, 0.3) is 0 Å². The van der Waals surface area contributed by atoms with Gasteiger partial charge < -0.3 is 11.1 Å². The minimum atomic E-state index is -3.49. The van der Waals surface area contributed by atoms with Crippen LogP contribution >= 0.6 is 11.3 Å². The zero-order valence-corrected chi connectivity index (χ0v) is 13.5. The monoisotopic (exact) mass is 326 g/mol. The Morgan fingerprint density at radius 1 is 1.38 bits per heavy atom. The zero-order chi connectivity index (χ0) is 15.5. The van der Waals surface area contributed by atoms with Crippen LogP contribution in [-0.4, -0.2) is 19.9 Å². The van der Waals surface area contributed by atoms with E-state index in [9.17, 15) is 8.42 Å². The highest BCUT2D eigenvalue weighted by atomic mass is 32.2. The number of aromatic nitrogens is 1. The normalized spacial score (nSPS) is 11.5. The Hall–Kier alpha value is -1.64. The van der Waals surface area contributed by atoms with Gasteiger partial charge in [0.25, 0.3) is 0 Å². The van der Waals surface area contributed by atoms with E-state index in [1.54, 1.807) is 30.5 Å². The van der Waals surface area contributed by atoms with Gasteiger partial charge in [-0.05, 0) is 25.1 Å². The number of rotatable bonds is 6. The maximum absolute atomic E-state index is 12.0. The molecule has 0 atom stereocenters. The summed E-state index contributed by atoms with van der Waals surface area (Å²) in [5, 5.41) is 4.05. The average Bonchev–Trinajstić information content (AvgIpc) is 2.83. The van der Waals surface area contributed by atoms with Crippen LogP contribution in [0.2, 0.25) is 0 Å². The second-order valence-corrected chi connectivity index (χ2v) is 7.55. The van der Waals surface area contributed by atoms with Crippen molar-refractivity contribution < 1.29 is 8.42 Å². The molecule has 0 bridgehead atoms. The topological polar surface area (TPSA) is 97.1 Å². The molecule has 1 aromatic carbocycles. The number of benzene rings is 1. The molecule has 0 fully saturated rings. The molecule has 1 aromatic heterocycles. The Bertz CT molecular complexity index is 726. The number of thiazole rings is 1. The van der Waals surface area contributed by atoms with Crippen LogP contribution in [0.4, 0.5) is 11.4 Å². The maximum Gasteiger partial charge on any atom is 0.240 e. The van der Waals surface area contributed by atoms with Gasteiger partial charge in [-0.25, -0.2) is 18.1 Å². The lowest BCUT2D eigenvalue weighted by Gasteiger charge is -2.11. The summed E-state index contributed by atoms with van der Waals surface area (Å²) in [5.41, 5.74) is 6.97. The molecular formula is C13H18N4O2S2. The van der Waals surface area contributed by atoms with Crippen molar-refractivity contribution in [2.75, 3.05) is 17.6 Å². The molecule has 0 saturated heterocycles. The van der Waals surface area contributed by atoms with Gasteiger partial charge in [0.05, 0.1) is 22.8 Å². The Labute approximate surface area is 128 Å². The molecule has 1 heterocycles. The van der Waals surface area contributed by atoms with Gasteiger partial charge >= 0.3 is 0 Å². The molecule has 6 nitrogen and oxygen atoms in total. The summed E-state index contributed by atoms with van der Waals surface area (Å²) in [4.78, 5) is 5.56. The number of nitrogens with one attached hydrogen (secondary N) is 2. The summed E-state index contributed by atoms with van der Waals surface area (Å²) < 4.78 is 26.4. The number of nitrogens with two attached hydrogens (primary N) is 1. The highest BCUT2D eigenvalue weighted by Crippen LogP contribution is 2.24. The fourth-order valence-electron chi connectivity index (χ4n) is 1.78. The van der Waals surface area contributed by atoms with Crippen molar-refractivity contribution in [3.8, 4) is 0 Å². The molecule has 21 heavy (non-hydrogen) atoms. The number of anilines is 2. The summed E-state index contributed by atoms with van der Waals surface area (Å²) in [6.07, 6.45) is 1.80. The van der Waals surface area contributed by atoms with Gasteiger partial charge in [0, 0.05) is 17.6 Å². The van der Waals surface area contributed by atoms with Crippen LogP contribution < -0.4 is 15.8 Å². The molecule has 114 valence electrons. The van der Waals surface area contributed by atoms with Crippen LogP contribution in [0.3, 0.4) is 0 Å². The second-order valence-electron chi connectivity index (χ2n) is 4.47. The van der Waals surface area contributed by atoms with Gasteiger partial charge in [-0.3, -0.25) is 0 Å². The molecule has 0 unspecified atom stereocenters. The van der Waals surface area contributed by atoms with Crippen molar-refractivity contribution in [3.63, 3.8) is 0 Å². The van der Waals surface area contributed by atoms with Gasteiger partial charge in [0.1, 0.15) is 5.01 Å². The zero-order valence-electron chi connectivity index (χ0n) is 11.9. The van der Waals surface area contributed by atoms with Gasteiger partial charge in [-0.1, -0.05) is 6.92 Å². The molecule has 0 aliphatic heterocycles. The predicted molar refractivity (Wildman–Crippen MR) is 85.9 cm³/mol. The third kappa shape index (κ3) is 3.93. The molecule has 0 spiro atoms. The Morgan fingerprint density at radius 2 is 2.14 bits per heavy atom. The fourth-order valence-corrected chi connectivity index (χ4v) is 3.58. The van der Waals surface area contributed by atoms with E-state index in [0.717, 1.165) is 9.88 Å². The van der Waals surface area contributed by atoms with E-state index in [2.05, 4.69) is 15.0 Å². The third-order valence-corrected chi connectivity index (χ3v) is 5.22. The van der Waals surface area contributed by atoms with E-state index < -0.39 is 10.0 Å². The van der Waals surface area contributed by atoms with E-state index in [-0.39, 0.29) is 4.90 Å². The molecule has 2 aromatic rings. The van der Waals surface area contributed by atoms with Crippen LogP contribution in [-0.2, 0) is 16.6 Å². The van der Waals surface area contributed by atoms with Crippen LogP contribution in [0.15, 0.2) is 29.3 Å². The lowest BCUT2D eigenvalue weighted by atomic mass is 10.2. The van der Waals surface area contributed by atoms with E-state index in [0.29, 0.717) is 24.5 Å². The standard InChI is InChI=1S/C13H18N4O2S2/c1-3-17-21(18,19)10-4-5-11(14)12(6-10)15-8-13-16-7-9(2)20-13/h4-7,15,17H,3,8,14H2,1-2H3. The summed E-state index contributed by atoms with van der Waals surface area (Å²) in [6.45, 7) is 4.57. The largest absolute Gasteiger partial charge is 0.397 e. The molecule has 0 amide bonds. The van der Waals surface area contributed by atoms with Gasteiger partial charge in [0.15, 0.2) is 0 Å². The first kappa shape index (κ1) is 15.7. The minimum absolute atomic E-state index is 0.191. The first-order valence-corrected chi connectivity index (χ1v) is 8.76. The second kappa shape index (κ2) is 6.42. The molecule has 2 rings (SSSR count). The highest BCUT2D eigenvalue weighted by molar-refractivity contribution is 7.89. The van der Waals surface area contributed by atoms with E-state index in [4.69, 9.17) is 5.73 Å². The third-order valence-electron chi connectivity index (χ3n) is 2.77. The Morgan fingerprint density at radius 3 is 2.76 bits per heavy atom. The summed E-state index contributed by atoms with van der Waals surface area (Å²) in [6, 6.07) is 4.61. The number of hydrogen-bond donors (Lipinski definition) is 3. The van der Waals surface area contributed by atoms with Gasteiger partial charge in [-0.15, -0.1) is 11.3 Å². The smallest absolute Gasteiger partial charge is 0.240 e. The molecule has 8 heteroatoms. The summed E-state index contributed by atoms with van der Waals surface area (Å²) in [5.74, 6) is 0. The van der Waals surface area contributed by atoms with Crippen molar-refractivity contribution in [1.29, 1.82) is 0 Å². The Balaban J connectivity index is 2.19. The number of nitrogen functional groups attached to an aromatic ring is 1. The van der Waals surface area contributed by atoms with Crippen molar-refractivity contribution in [2.24, 2.45) is 0 Å². The summed E-state index contributed by atoms with van der Waals surface area (Å²) >= 11 is 1.59. The van der Waals surface area contributed by atoms with E-state index in [1.165, 1.54) is 12.1 Å². The maximum atomic E-state index is 12.0. The first-order chi connectivity index (χ1) is 9.92. The molecule has 4 N–H and O–H groups in total. The fraction of sp³-hybridized carbons (Fsp3) is 0.308. The predicted octanol–water partition coefficient (Wildman–Crippen LogP) is 1.94. The van der Waals surface area contributed by atoms with Crippen LogP contribution in [0, 0.1) is 6.92 Å². The molecule has 0 saturated carbocycles. The van der Waals surface area contributed by atoms with Crippen LogP contribution in [0.1, 0.15) is 16.8 Å². The van der Waals surface area contributed by atoms with E-state index >= 15 is 0 Å². The number of sulfonamides is 1. The van der Waals surface area contributed by atoms with Crippen LogP contribution in [0.5, 0.6) is 0 Å². The lowest BCUT2D eigenvalue weighted by molar-refractivity contribution is 0.584. The number of aryl methyl sites for hydroxylation is 1. The SMILES string of the molecule is CCNS(=O)(=O)c1ccc(N)c(NCc2ncc(C)s2)c1. The first-order valence-electron chi connectivity index (χ1n) is 6.46. The molecule has 0 aliphatic carbocycles. The average molecular weight is 326 g/mol. The van der Waals surface area contributed by atoms with Gasteiger partial charge in [-0.2, -0.15) is 0 Å². The van der Waals surface area contributed by atoms with Gasteiger partial charge in [0.2, 0.25) is 10.0 Å². The molecule has 0 radical (unpaired) electrons. The van der Waals surface area contributed by atoms with Crippen molar-refractivity contribution in [2.45, 2.75) is 25.3 Å². The number of hydrogen-bond acceptors (Lipinski definition) is 6. The van der Waals surface area contributed by atoms with Crippen molar-refractivity contribution in [3.05, 3.63) is 34.3 Å². The Kier molecular flexibility index (Phi) is 4.81. The van der Waals surface area contributed by atoms with Crippen molar-refractivity contribution >= 4 is 32.7 Å². The lowest BCUT2D eigenvalue weighted by Crippen LogP contribution is -2.23. The number of nitrogens with zero attached hydrogens (tertiary/aromatic N) is 1. The highest BCUT2D eigenvalue weighted by Gasteiger charge is 2.14. The quantitative estimate of drug-likeness (QED) is 0.705. The molecular weight excluding hydrogens is 308 g/mol. The minimum Gasteiger partial charge on any atom is -0.397 e. The molecule has 0 aliphatic rings. The van der Waals surface area contributed by atoms with E-state index in [1.807, 2.05) is 6.92 Å². The summed E-state index contributed by atoms with van der Waals surface area (Å²) in [7, 11) is -3.49.